The molecule has 73 heavy (non-hydrogen) atoms. The maximum atomic E-state index is 5.57. The van der Waals surface area contributed by atoms with Gasteiger partial charge in [0.15, 0.2) is 27.8 Å². The molecule has 350 valence electrons. The molecule has 0 amide bonds. The number of nitrogens with zero attached hydrogens (tertiary/aromatic N) is 4. The Kier molecular flexibility index (Phi) is 11.8. The molecule has 0 spiro atoms. The Morgan fingerprint density at radius 2 is 0.616 bits per heavy atom. The fourth-order valence-corrected chi connectivity index (χ4v) is 20.9. The number of hydrogen-bond donors (Lipinski definition) is 0. The van der Waals surface area contributed by atoms with Gasteiger partial charge in [-0.25, -0.2) is 4.98 Å². The lowest BCUT2D eigenvalue weighted by Crippen LogP contribution is -2.74. The highest BCUT2D eigenvalue weighted by molar-refractivity contribution is 7.20. The second-order valence-electron chi connectivity index (χ2n) is 20.0. The molecule has 0 aliphatic heterocycles. The number of hydrogen-bond acceptors (Lipinski definition) is 3. The molecule has 12 aromatic rings. The first-order valence-corrected chi connectivity index (χ1v) is 29.2. The maximum absolute atomic E-state index is 5.57. The van der Waals surface area contributed by atoms with E-state index in [4.69, 9.17) is 15.0 Å². The van der Waals surface area contributed by atoms with Crippen LogP contribution in [0.2, 0.25) is 0 Å². The van der Waals surface area contributed by atoms with E-state index in [9.17, 15) is 0 Å². The van der Waals surface area contributed by atoms with Crippen LogP contribution < -0.4 is 41.5 Å². The second-order valence-corrected chi connectivity index (χ2v) is 27.6. The van der Waals surface area contributed by atoms with E-state index >= 15 is 0 Å². The molecular weight excluding hydrogens is 917 g/mol. The molecule has 0 N–H and O–H groups in total. The SMILES string of the molecule is CC(C)(C)c1cccc([Si](c2ccccc2)(c2ccccc2)c2cccc(-c3nc(-c4cccc([Si](c5ccccc5)(c5ccccc5)c5ccccc5)c4)nc(-n4c5ccccc5c5ccccc54)n3)c2)c1. The summed E-state index contributed by atoms with van der Waals surface area (Å²) in [5.74, 6) is 1.79. The van der Waals surface area contributed by atoms with Crippen LogP contribution >= 0.6 is 0 Å². The molecular formula is C67H54N4Si2. The van der Waals surface area contributed by atoms with Crippen LogP contribution in [-0.2, 0) is 5.41 Å². The van der Waals surface area contributed by atoms with Gasteiger partial charge in [0.05, 0.1) is 11.0 Å². The summed E-state index contributed by atoms with van der Waals surface area (Å²) in [7, 11) is -5.88. The molecule has 0 aliphatic carbocycles. The summed E-state index contributed by atoms with van der Waals surface area (Å²) in [5.41, 5.74) is 5.20. The van der Waals surface area contributed by atoms with Crippen molar-refractivity contribution in [1.29, 1.82) is 0 Å². The van der Waals surface area contributed by atoms with E-state index in [1.165, 1.54) is 47.1 Å². The maximum Gasteiger partial charge on any atom is 0.238 e. The Hall–Kier alpha value is -8.56. The minimum Gasteiger partial charge on any atom is -0.278 e. The van der Waals surface area contributed by atoms with Crippen LogP contribution in [0.3, 0.4) is 0 Å². The summed E-state index contributed by atoms with van der Waals surface area (Å²) in [4.78, 5) is 16.6. The minimum absolute atomic E-state index is 0.0431. The van der Waals surface area contributed by atoms with Crippen LogP contribution in [0.1, 0.15) is 26.3 Å². The van der Waals surface area contributed by atoms with Crippen LogP contribution in [0.15, 0.2) is 273 Å². The zero-order valence-electron chi connectivity index (χ0n) is 41.3. The smallest absolute Gasteiger partial charge is 0.238 e. The van der Waals surface area contributed by atoms with Gasteiger partial charge in [0.25, 0.3) is 0 Å². The first-order chi connectivity index (χ1) is 35.8. The fraction of sp³-hybridized carbons (Fsp3) is 0.0597. The van der Waals surface area contributed by atoms with E-state index < -0.39 is 16.1 Å². The number of fused-ring (bicyclic) bond motifs is 3. The Labute approximate surface area is 430 Å². The Bertz CT molecular complexity index is 3700. The summed E-state index contributed by atoms with van der Waals surface area (Å²) >= 11 is 0. The first-order valence-electron chi connectivity index (χ1n) is 25.2. The molecule has 0 saturated heterocycles. The predicted molar refractivity (Wildman–Crippen MR) is 311 cm³/mol. The normalized spacial score (nSPS) is 12.0. The number of rotatable bonds is 11. The lowest BCUT2D eigenvalue weighted by atomic mass is 9.87. The van der Waals surface area contributed by atoms with Crippen LogP contribution in [0.25, 0.3) is 50.5 Å². The van der Waals surface area contributed by atoms with Gasteiger partial charge in [0.2, 0.25) is 5.95 Å². The molecule has 4 nitrogen and oxygen atoms in total. The molecule has 0 saturated carbocycles. The fourth-order valence-electron chi connectivity index (χ4n) is 11.3. The highest BCUT2D eigenvalue weighted by Gasteiger charge is 2.43. The van der Waals surface area contributed by atoms with Crippen LogP contribution in [0, 0.1) is 0 Å². The Morgan fingerprint density at radius 3 is 1.00 bits per heavy atom. The van der Waals surface area contributed by atoms with Crippen LogP contribution in [0.5, 0.6) is 0 Å². The highest BCUT2D eigenvalue weighted by Crippen LogP contribution is 2.32. The van der Waals surface area contributed by atoms with E-state index in [0.717, 1.165) is 32.9 Å². The number of para-hydroxylation sites is 2. The quantitative estimate of drug-likeness (QED) is 0.0958. The van der Waals surface area contributed by atoms with E-state index in [0.29, 0.717) is 17.6 Å². The molecule has 0 aliphatic rings. The summed E-state index contributed by atoms with van der Waals surface area (Å²) in [6.45, 7) is 6.91. The van der Waals surface area contributed by atoms with Crippen molar-refractivity contribution in [3.8, 4) is 28.7 Å². The third-order valence-corrected chi connectivity index (χ3v) is 24.2. The van der Waals surface area contributed by atoms with Crippen molar-refractivity contribution in [2.45, 2.75) is 26.2 Å². The van der Waals surface area contributed by atoms with Gasteiger partial charge in [0.1, 0.15) is 0 Å². The Balaban J connectivity index is 1.13. The van der Waals surface area contributed by atoms with Crippen molar-refractivity contribution in [2.75, 3.05) is 0 Å². The largest absolute Gasteiger partial charge is 0.278 e. The minimum atomic E-state index is -2.99. The molecule has 0 atom stereocenters. The summed E-state index contributed by atoms with van der Waals surface area (Å²) in [6, 6.07) is 100. The van der Waals surface area contributed by atoms with Gasteiger partial charge in [-0.15, -0.1) is 0 Å². The van der Waals surface area contributed by atoms with E-state index in [1.54, 1.807) is 0 Å². The average molecular weight is 971 g/mol. The zero-order valence-corrected chi connectivity index (χ0v) is 43.3. The predicted octanol–water partition coefficient (Wildman–Crippen LogP) is 10.4. The standard InChI is InChI=1S/C67H54N4Si2/c1-67(2,3)51-28-25-41-59(48-51)73(55-35-15-7-16-36-55,56-37-17-8-18-38-56)58-40-24-27-50(47-58)65-68-64(69-66(70-65)71-62-44-21-19-42-60(62)61-43-20-22-45-63(61)71)49-26-23-39-57(46-49)72(52-29-9-4-10-30-52,53-31-11-5-12-32-53)54-33-13-6-14-34-54/h4-48H,1-3H3. The van der Waals surface area contributed by atoms with E-state index in [2.05, 4.69) is 298 Å². The molecule has 0 bridgehead atoms. The summed E-state index contributed by atoms with van der Waals surface area (Å²) < 4.78 is 2.22. The highest BCUT2D eigenvalue weighted by atomic mass is 28.3. The summed E-state index contributed by atoms with van der Waals surface area (Å²) in [6.07, 6.45) is 0. The van der Waals surface area contributed by atoms with Crippen molar-refractivity contribution >= 4 is 79.4 Å². The molecule has 12 rings (SSSR count). The number of benzene rings is 10. The van der Waals surface area contributed by atoms with Crippen molar-refractivity contribution < 1.29 is 0 Å². The Morgan fingerprint density at radius 1 is 0.301 bits per heavy atom. The molecule has 2 aromatic heterocycles. The van der Waals surface area contributed by atoms with Gasteiger partial charge in [0, 0.05) is 21.9 Å². The van der Waals surface area contributed by atoms with Gasteiger partial charge >= 0.3 is 0 Å². The van der Waals surface area contributed by atoms with Crippen molar-refractivity contribution in [3.05, 3.63) is 279 Å². The van der Waals surface area contributed by atoms with Gasteiger partial charge in [-0.3, -0.25) is 4.57 Å². The van der Waals surface area contributed by atoms with Crippen molar-refractivity contribution in [2.24, 2.45) is 0 Å². The van der Waals surface area contributed by atoms with Gasteiger partial charge < -0.3 is 0 Å². The lowest BCUT2D eigenvalue weighted by Gasteiger charge is -2.35. The van der Waals surface area contributed by atoms with Crippen molar-refractivity contribution in [1.82, 2.24) is 19.5 Å². The molecule has 0 unspecified atom stereocenters. The molecule has 10 aromatic carbocycles. The van der Waals surface area contributed by atoms with Gasteiger partial charge in [-0.05, 0) is 64.6 Å². The molecule has 2 heterocycles. The van der Waals surface area contributed by atoms with E-state index in [-0.39, 0.29) is 5.41 Å². The summed E-state index contributed by atoms with van der Waals surface area (Å²) in [5, 5.41) is 12.7. The second kappa shape index (κ2) is 18.9. The third-order valence-electron chi connectivity index (χ3n) is 14.7. The molecule has 0 fully saturated rings. The van der Waals surface area contributed by atoms with E-state index in [1.807, 2.05) is 0 Å². The van der Waals surface area contributed by atoms with Gasteiger partial charge in [-0.2, -0.15) is 9.97 Å². The zero-order chi connectivity index (χ0) is 49.4. The third kappa shape index (κ3) is 7.96. The van der Waals surface area contributed by atoms with Crippen LogP contribution in [-0.4, -0.2) is 35.7 Å². The van der Waals surface area contributed by atoms with Gasteiger partial charge in [-0.1, -0.05) is 282 Å². The first kappa shape index (κ1) is 45.6. The molecule has 0 radical (unpaired) electrons. The lowest BCUT2D eigenvalue weighted by molar-refractivity contribution is 0.591. The van der Waals surface area contributed by atoms with Crippen LogP contribution in [0.4, 0.5) is 0 Å². The molecule has 6 heteroatoms. The monoisotopic (exact) mass is 970 g/mol. The average Bonchev–Trinajstić information content (AvgIpc) is 3.79. The topological polar surface area (TPSA) is 43.6 Å². The number of aromatic nitrogens is 4. The van der Waals surface area contributed by atoms with Crippen molar-refractivity contribution in [3.63, 3.8) is 0 Å².